The Kier molecular flexibility index (Phi) is 4.23. The van der Waals surface area contributed by atoms with Crippen LogP contribution >= 0.6 is 0 Å². The first kappa shape index (κ1) is 11.2. The van der Waals surface area contributed by atoms with Crippen molar-refractivity contribution in [3.8, 4) is 0 Å². The minimum Gasteiger partial charge on any atom is -0.324 e. The monoisotopic (exact) mass is 224 g/mol. The van der Waals surface area contributed by atoms with Gasteiger partial charge in [0.05, 0.1) is 6.61 Å². The van der Waals surface area contributed by atoms with Crippen LogP contribution in [0.3, 0.4) is 0 Å². The molecule has 0 aromatic carbocycles. The zero-order valence-corrected chi connectivity index (χ0v) is 8.01. The maximum atomic E-state index is 5.34. The van der Waals surface area contributed by atoms with Crippen LogP contribution in [-0.2, 0) is 39.7 Å². The minimum atomic E-state index is -1.47. The summed E-state index contributed by atoms with van der Waals surface area (Å²) < 4.78 is 5.34. The topological polar surface area (TPSA) is 73.8 Å². The van der Waals surface area contributed by atoms with Crippen molar-refractivity contribution in [2.45, 2.75) is 38.1 Å². The van der Waals surface area contributed by atoms with Crippen molar-refractivity contribution < 1.29 is 39.7 Å². The van der Waals surface area contributed by atoms with E-state index in [4.69, 9.17) is 14.5 Å². The molecule has 0 aromatic rings. The number of hydrogen-bond donors (Lipinski definition) is 0. The molecule has 0 radical (unpaired) electrons. The van der Waals surface area contributed by atoms with Gasteiger partial charge in [0, 0.05) is 6.42 Å². The van der Waals surface area contributed by atoms with Crippen LogP contribution in [0, 0.1) is 0 Å². The highest BCUT2D eigenvalue weighted by atomic mass is 17.9. The van der Waals surface area contributed by atoms with Crippen molar-refractivity contribution in [3.05, 3.63) is 0 Å². The summed E-state index contributed by atoms with van der Waals surface area (Å²) in [6.45, 7) is 0.466. The highest BCUT2D eigenvalue weighted by Gasteiger charge is 2.40. The molecule has 2 aliphatic heterocycles. The molecule has 88 valence electrons. The van der Waals surface area contributed by atoms with Gasteiger partial charge in [-0.25, -0.2) is 0 Å². The first-order valence-electron chi connectivity index (χ1n) is 4.75. The van der Waals surface area contributed by atoms with Crippen LogP contribution in [0.2, 0.25) is 0 Å². The molecule has 0 N–H and O–H groups in total. The molecule has 0 unspecified atom stereocenters. The smallest absolute Gasteiger partial charge is 0.324 e. The van der Waals surface area contributed by atoms with Gasteiger partial charge in [-0.1, -0.05) is 12.8 Å². The Morgan fingerprint density at radius 2 is 1.33 bits per heavy atom. The predicted molar refractivity (Wildman–Crippen MR) is 39.4 cm³/mol. The molecule has 0 aromatic heterocycles. The van der Waals surface area contributed by atoms with Gasteiger partial charge in [0.1, 0.15) is 0 Å². The molecular formula is C7H12O8. The standard InChI is InChI=1S/C7H12O8/c1-2-4-6-8-7(5-3-1)9-11-13-15-14-12-10-7/h1-6H2. The van der Waals surface area contributed by atoms with Gasteiger partial charge >= 0.3 is 5.97 Å². The third-order valence-electron chi connectivity index (χ3n) is 2.13. The Bertz CT molecular complexity index is 146. The third kappa shape index (κ3) is 3.33. The predicted octanol–water partition coefficient (Wildman–Crippen LogP) is 1.24. The van der Waals surface area contributed by atoms with Gasteiger partial charge in [-0.15, -0.1) is 9.78 Å². The summed E-state index contributed by atoms with van der Waals surface area (Å²) in [5.41, 5.74) is 0. The normalized spacial score (nSPS) is 28.8. The molecule has 2 fully saturated rings. The lowest BCUT2D eigenvalue weighted by atomic mass is 10.1. The lowest BCUT2D eigenvalue weighted by Crippen LogP contribution is -2.41. The Balaban J connectivity index is 1.92. The summed E-state index contributed by atoms with van der Waals surface area (Å²) in [6.07, 6.45) is 4.34. The van der Waals surface area contributed by atoms with E-state index >= 15 is 0 Å². The summed E-state index contributed by atoms with van der Waals surface area (Å²) in [7, 11) is 0. The van der Waals surface area contributed by atoms with Crippen molar-refractivity contribution in [1.29, 1.82) is 0 Å². The van der Waals surface area contributed by atoms with Gasteiger partial charge in [0.2, 0.25) is 0 Å². The molecule has 1 spiro atoms. The van der Waals surface area contributed by atoms with Crippen LogP contribution < -0.4 is 0 Å². The average Bonchev–Trinajstić information content (AvgIpc) is 2.15. The summed E-state index contributed by atoms with van der Waals surface area (Å²) >= 11 is 0. The molecule has 2 heterocycles. The number of hydrogen-bond acceptors (Lipinski definition) is 8. The van der Waals surface area contributed by atoms with E-state index in [9.17, 15) is 0 Å². The van der Waals surface area contributed by atoms with Crippen molar-refractivity contribution in [1.82, 2.24) is 0 Å². The first-order valence-corrected chi connectivity index (χ1v) is 4.75. The minimum absolute atomic E-state index is 0.430. The Morgan fingerprint density at radius 3 is 2.13 bits per heavy atom. The van der Waals surface area contributed by atoms with Gasteiger partial charge < -0.3 is 4.74 Å². The van der Waals surface area contributed by atoms with Crippen LogP contribution in [0.5, 0.6) is 0 Å². The Labute approximate surface area is 85.4 Å². The van der Waals surface area contributed by atoms with Gasteiger partial charge in [0.15, 0.2) is 0 Å². The van der Waals surface area contributed by atoms with E-state index in [-0.39, 0.29) is 0 Å². The summed E-state index contributed by atoms with van der Waals surface area (Å²) in [5.74, 6) is -1.47. The molecular weight excluding hydrogens is 212 g/mol. The molecule has 0 bridgehead atoms. The van der Waals surface area contributed by atoms with Gasteiger partial charge in [-0.2, -0.15) is 0 Å². The van der Waals surface area contributed by atoms with E-state index in [2.05, 4.69) is 25.2 Å². The van der Waals surface area contributed by atoms with E-state index in [1.165, 1.54) is 0 Å². The highest BCUT2D eigenvalue weighted by molar-refractivity contribution is 4.59. The third-order valence-corrected chi connectivity index (χ3v) is 2.13. The van der Waals surface area contributed by atoms with Crippen molar-refractivity contribution in [2.75, 3.05) is 6.61 Å². The largest absolute Gasteiger partial charge is 0.346 e. The van der Waals surface area contributed by atoms with Crippen LogP contribution in [0.4, 0.5) is 0 Å². The second-order valence-corrected chi connectivity index (χ2v) is 3.20. The van der Waals surface area contributed by atoms with Crippen molar-refractivity contribution >= 4 is 0 Å². The molecule has 2 rings (SSSR count). The van der Waals surface area contributed by atoms with Crippen LogP contribution in [-0.4, -0.2) is 12.6 Å². The molecule has 0 atom stereocenters. The van der Waals surface area contributed by atoms with Crippen LogP contribution in [0.25, 0.3) is 0 Å². The molecule has 2 aliphatic rings. The molecule has 8 nitrogen and oxygen atoms in total. The average molecular weight is 224 g/mol. The second kappa shape index (κ2) is 5.68. The fourth-order valence-electron chi connectivity index (χ4n) is 1.41. The quantitative estimate of drug-likeness (QED) is 0.569. The SMILES string of the molecule is C1CCCC2(OCC1)OOOOOOO2. The maximum Gasteiger partial charge on any atom is 0.346 e. The van der Waals surface area contributed by atoms with Crippen molar-refractivity contribution in [3.63, 3.8) is 0 Å². The molecule has 15 heavy (non-hydrogen) atoms. The lowest BCUT2D eigenvalue weighted by molar-refractivity contribution is -0.855. The molecule has 2 saturated heterocycles. The lowest BCUT2D eigenvalue weighted by Gasteiger charge is -2.30. The fraction of sp³-hybridized carbons (Fsp3) is 1.00. The van der Waals surface area contributed by atoms with Gasteiger partial charge in [-0.05, 0) is 38.0 Å². The summed E-state index contributed by atoms with van der Waals surface area (Å²) in [4.78, 5) is 9.50. The first-order chi connectivity index (χ1) is 7.41. The Morgan fingerprint density at radius 1 is 0.667 bits per heavy atom. The van der Waals surface area contributed by atoms with Crippen LogP contribution in [0.15, 0.2) is 0 Å². The van der Waals surface area contributed by atoms with E-state index in [0.717, 1.165) is 25.7 Å². The summed E-state index contributed by atoms with van der Waals surface area (Å²) in [6, 6.07) is 0. The Hall–Kier alpha value is -0.320. The van der Waals surface area contributed by atoms with Crippen LogP contribution in [0.1, 0.15) is 32.1 Å². The zero-order valence-electron chi connectivity index (χ0n) is 8.01. The van der Waals surface area contributed by atoms with Crippen molar-refractivity contribution in [2.24, 2.45) is 0 Å². The zero-order chi connectivity index (χ0) is 10.4. The molecule has 0 saturated carbocycles. The number of ether oxygens (including phenoxy) is 1. The second-order valence-electron chi connectivity index (χ2n) is 3.20. The van der Waals surface area contributed by atoms with E-state index in [1.807, 2.05) is 0 Å². The molecule has 0 amide bonds. The summed E-state index contributed by atoms with van der Waals surface area (Å²) in [5, 5.41) is 20.1. The van der Waals surface area contributed by atoms with E-state index < -0.39 is 5.97 Å². The van der Waals surface area contributed by atoms with E-state index in [0.29, 0.717) is 13.0 Å². The fourth-order valence-corrected chi connectivity index (χ4v) is 1.41. The highest BCUT2D eigenvalue weighted by Crippen LogP contribution is 2.28. The number of rotatable bonds is 0. The van der Waals surface area contributed by atoms with Gasteiger partial charge in [-0.3, -0.25) is 0 Å². The van der Waals surface area contributed by atoms with Gasteiger partial charge in [0.25, 0.3) is 0 Å². The van der Waals surface area contributed by atoms with E-state index in [1.54, 1.807) is 0 Å². The molecule has 0 aliphatic carbocycles. The molecule has 8 heteroatoms. The maximum absolute atomic E-state index is 5.34.